The van der Waals surface area contributed by atoms with Crippen molar-refractivity contribution in [3.63, 3.8) is 0 Å². The van der Waals surface area contributed by atoms with Gasteiger partial charge in [0.1, 0.15) is 0 Å². The Kier molecular flexibility index (Phi) is 8.84. The van der Waals surface area contributed by atoms with Crippen LogP contribution in [0.25, 0.3) is 0 Å². The molecule has 3 amide bonds. The number of hydrogen-bond donors (Lipinski definition) is 4. The number of nitrogens with one attached hydrogen (secondary N) is 4. The smallest absolute Gasteiger partial charge is 0.337 e. The molecular formula is C22H24N4O5S. The molecule has 0 spiro atoms. The van der Waals surface area contributed by atoms with Gasteiger partial charge in [-0.05, 0) is 66.7 Å². The Bertz CT molecular complexity index is 1000. The molecule has 4 N–H and O–H groups in total. The van der Waals surface area contributed by atoms with E-state index in [2.05, 4.69) is 26.2 Å². The quantitative estimate of drug-likeness (QED) is 0.299. The fourth-order valence-corrected chi connectivity index (χ4v) is 2.70. The van der Waals surface area contributed by atoms with Gasteiger partial charge in [-0.25, -0.2) is 4.79 Å². The SMILES string of the molecule is COC(=O)c1ccc(C(=O)NC(=S)NNC(=O)c2ccc(NC(=O)CC(C)C)cc2)cc1. The Morgan fingerprint density at radius 3 is 1.94 bits per heavy atom. The Balaban J connectivity index is 1.83. The Morgan fingerprint density at radius 1 is 0.844 bits per heavy atom. The number of hydrogen-bond acceptors (Lipinski definition) is 6. The first-order chi connectivity index (χ1) is 15.2. The fraction of sp³-hybridized carbons (Fsp3) is 0.227. The van der Waals surface area contributed by atoms with Crippen LogP contribution in [0.4, 0.5) is 5.69 Å². The lowest BCUT2D eigenvalue weighted by atomic mass is 10.1. The Hall–Kier alpha value is -3.79. The topological polar surface area (TPSA) is 126 Å². The van der Waals surface area contributed by atoms with Crippen LogP contribution in [0.1, 0.15) is 51.3 Å². The molecule has 0 bridgehead atoms. The number of amides is 3. The summed E-state index contributed by atoms with van der Waals surface area (Å²) in [5.41, 5.74) is 6.31. The number of methoxy groups -OCH3 is 1. The number of hydrazine groups is 1. The number of rotatable bonds is 6. The standard InChI is InChI=1S/C22H24N4O5S/c1-13(2)12-18(27)23-17-10-8-15(9-11-17)20(29)25-26-22(32)24-19(28)14-4-6-16(7-5-14)21(30)31-3/h4-11,13H,12H2,1-3H3,(H,23,27)(H,25,29)(H2,24,26,28,32). The Morgan fingerprint density at radius 2 is 1.38 bits per heavy atom. The normalized spacial score (nSPS) is 10.1. The lowest BCUT2D eigenvalue weighted by molar-refractivity contribution is -0.116. The molecule has 9 nitrogen and oxygen atoms in total. The molecule has 0 fully saturated rings. The first kappa shape index (κ1) is 24.5. The van der Waals surface area contributed by atoms with Crippen molar-refractivity contribution >= 4 is 46.7 Å². The first-order valence-corrected chi connectivity index (χ1v) is 10.1. The van der Waals surface area contributed by atoms with Crippen LogP contribution < -0.4 is 21.5 Å². The molecule has 10 heteroatoms. The second-order valence-corrected chi connectivity index (χ2v) is 7.56. The van der Waals surface area contributed by atoms with Crippen LogP contribution in [-0.4, -0.2) is 35.9 Å². The number of ether oxygens (including phenoxy) is 1. The maximum atomic E-state index is 12.2. The molecule has 0 aliphatic heterocycles. The molecule has 168 valence electrons. The number of thiocarbonyl (C=S) groups is 1. The molecule has 0 heterocycles. The summed E-state index contributed by atoms with van der Waals surface area (Å²) in [6.45, 7) is 3.90. The van der Waals surface area contributed by atoms with E-state index in [0.29, 0.717) is 23.2 Å². The summed E-state index contributed by atoms with van der Waals surface area (Å²) in [5.74, 6) is -1.36. The molecule has 2 rings (SSSR count). The molecule has 0 aliphatic rings. The first-order valence-electron chi connectivity index (χ1n) is 9.69. The molecule has 0 atom stereocenters. The van der Waals surface area contributed by atoms with Crippen LogP contribution >= 0.6 is 12.2 Å². The summed E-state index contributed by atoms with van der Waals surface area (Å²) in [4.78, 5) is 47.7. The fourth-order valence-electron chi connectivity index (χ4n) is 2.56. The van der Waals surface area contributed by atoms with Crippen LogP contribution in [0.2, 0.25) is 0 Å². The Labute approximate surface area is 190 Å². The van der Waals surface area contributed by atoms with Gasteiger partial charge < -0.3 is 10.1 Å². The molecule has 32 heavy (non-hydrogen) atoms. The number of benzene rings is 2. The highest BCUT2D eigenvalue weighted by Crippen LogP contribution is 2.11. The van der Waals surface area contributed by atoms with E-state index in [4.69, 9.17) is 12.2 Å². The average molecular weight is 457 g/mol. The third-order valence-electron chi connectivity index (χ3n) is 4.11. The number of esters is 1. The van der Waals surface area contributed by atoms with Gasteiger partial charge in [0, 0.05) is 23.2 Å². The summed E-state index contributed by atoms with van der Waals surface area (Å²) in [5, 5.41) is 5.06. The minimum Gasteiger partial charge on any atom is -0.465 e. The van der Waals surface area contributed by atoms with Gasteiger partial charge in [-0.1, -0.05) is 13.8 Å². The molecule has 0 unspecified atom stereocenters. The highest BCUT2D eigenvalue weighted by atomic mass is 32.1. The van der Waals surface area contributed by atoms with Crippen molar-refractivity contribution in [1.29, 1.82) is 0 Å². The van der Waals surface area contributed by atoms with Crippen LogP contribution in [0, 0.1) is 5.92 Å². The molecule has 2 aromatic rings. The van der Waals surface area contributed by atoms with Gasteiger partial charge in [0.25, 0.3) is 11.8 Å². The zero-order valence-electron chi connectivity index (χ0n) is 17.9. The van der Waals surface area contributed by atoms with E-state index in [1.165, 1.54) is 31.4 Å². The van der Waals surface area contributed by atoms with E-state index in [1.54, 1.807) is 24.3 Å². The molecule has 0 radical (unpaired) electrons. The summed E-state index contributed by atoms with van der Waals surface area (Å²) in [7, 11) is 1.27. The predicted molar refractivity (Wildman–Crippen MR) is 123 cm³/mol. The van der Waals surface area contributed by atoms with Crippen molar-refractivity contribution in [2.24, 2.45) is 5.92 Å². The molecule has 2 aromatic carbocycles. The summed E-state index contributed by atoms with van der Waals surface area (Å²) in [6, 6.07) is 12.1. The van der Waals surface area contributed by atoms with Crippen molar-refractivity contribution in [3.8, 4) is 0 Å². The van der Waals surface area contributed by atoms with Gasteiger partial charge >= 0.3 is 5.97 Å². The van der Waals surface area contributed by atoms with E-state index in [1.807, 2.05) is 13.8 Å². The van der Waals surface area contributed by atoms with Crippen molar-refractivity contribution in [2.45, 2.75) is 20.3 Å². The van der Waals surface area contributed by atoms with Gasteiger partial charge in [0.15, 0.2) is 5.11 Å². The number of carbonyl (C=O) groups is 4. The minimum atomic E-state index is -0.519. The largest absolute Gasteiger partial charge is 0.465 e. The lowest BCUT2D eigenvalue weighted by Gasteiger charge is -2.11. The molecular weight excluding hydrogens is 432 g/mol. The van der Waals surface area contributed by atoms with E-state index in [9.17, 15) is 19.2 Å². The summed E-state index contributed by atoms with van der Waals surface area (Å²) in [6.07, 6.45) is 0.407. The zero-order valence-corrected chi connectivity index (χ0v) is 18.7. The number of carbonyl (C=O) groups excluding carboxylic acids is 4. The van der Waals surface area contributed by atoms with Crippen molar-refractivity contribution < 1.29 is 23.9 Å². The summed E-state index contributed by atoms with van der Waals surface area (Å²) < 4.78 is 4.60. The van der Waals surface area contributed by atoms with E-state index in [-0.39, 0.29) is 22.5 Å². The van der Waals surface area contributed by atoms with Gasteiger partial charge in [-0.15, -0.1) is 0 Å². The van der Waals surface area contributed by atoms with Gasteiger partial charge in [0.2, 0.25) is 5.91 Å². The van der Waals surface area contributed by atoms with Crippen LogP contribution in [0.5, 0.6) is 0 Å². The summed E-state index contributed by atoms with van der Waals surface area (Å²) >= 11 is 5.01. The van der Waals surface area contributed by atoms with Crippen LogP contribution in [0.3, 0.4) is 0 Å². The zero-order chi connectivity index (χ0) is 23.7. The van der Waals surface area contributed by atoms with Gasteiger partial charge in [-0.3, -0.25) is 30.6 Å². The average Bonchev–Trinajstić information content (AvgIpc) is 2.76. The number of anilines is 1. The van der Waals surface area contributed by atoms with Crippen LogP contribution in [0.15, 0.2) is 48.5 Å². The lowest BCUT2D eigenvalue weighted by Crippen LogP contribution is -2.48. The maximum absolute atomic E-state index is 12.2. The van der Waals surface area contributed by atoms with Gasteiger partial charge in [0.05, 0.1) is 12.7 Å². The van der Waals surface area contributed by atoms with Crippen molar-refractivity contribution in [1.82, 2.24) is 16.2 Å². The van der Waals surface area contributed by atoms with Crippen molar-refractivity contribution in [3.05, 3.63) is 65.2 Å². The third-order valence-corrected chi connectivity index (χ3v) is 4.31. The predicted octanol–water partition coefficient (Wildman–Crippen LogP) is 2.41. The second-order valence-electron chi connectivity index (χ2n) is 7.15. The van der Waals surface area contributed by atoms with E-state index >= 15 is 0 Å². The van der Waals surface area contributed by atoms with Gasteiger partial charge in [-0.2, -0.15) is 0 Å². The highest BCUT2D eigenvalue weighted by molar-refractivity contribution is 7.80. The molecule has 0 aliphatic carbocycles. The second kappa shape index (κ2) is 11.6. The molecule has 0 saturated carbocycles. The third kappa shape index (κ3) is 7.47. The monoisotopic (exact) mass is 456 g/mol. The minimum absolute atomic E-state index is 0.0973. The van der Waals surface area contributed by atoms with E-state index in [0.717, 1.165) is 0 Å². The maximum Gasteiger partial charge on any atom is 0.337 e. The molecule has 0 aromatic heterocycles. The molecule has 0 saturated heterocycles. The van der Waals surface area contributed by atoms with E-state index < -0.39 is 17.8 Å². The van der Waals surface area contributed by atoms with Crippen molar-refractivity contribution in [2.75, 3.05) is 12.4 Å². The highest BCUT2D eigenvalue weighted by Gasteiger charge is 2.12. The van der Waals surface area contributed by atoms with Crippen LogP contribution in [-0.2, 0) is 9.53 Å².